The second kappa shape index (κ2) is 9.88. The molecule has 0 aliphatic carbocycles. The van der Waals surface area contributed by atoms with Crippen LogP contribution in [0.4, 0.5) is 5.69 Å². The van der Waals surface area contributed by atoms with E-state index in [9.17, 15) is 23.3 Å². The second-order valence-corrected chi connectivity index (χ2v) is 8.99. The maximum atomic E-state index is 12.5. The molecule has 0 radical (unpaired) electrons. The van der Waals surface area contributed by atoms with Crippen LogP contribution >= 0.6 is 0 Å². The third-order valence-corrected chi connectivity index (χ3v) is 6.77. The van der Waals surface area contributed by atoms with Gasteiger partial charge in [-0.15, -0.1) is 0 Å². The summed E-state index contributed by atoms with van der Waals surface area (Å²) in [6.07, 6.45) is 1.76. The van der Waals surface area contributed by atoms with Gasteiger partial charge >= 0.3 is 0 Å². The molecule has 1 aliphatic heterocycles. The van der Waals surface area contributed by atoms with Crippen LogP contribution < -0.4 is 9.46 Å². The molecule has 0 bridgehead atoms. The van der Waals surface area contributed by atoms with Gasteiger partial charge in [0.15, 0.2) is 6.61 Å². The smallest absolute Gasteiger partial charge is 0.269 e. The molecule has 1 aliphatic rings. The molecule has 0 spiro atoms. The van der Waals surface area contributed by atoms with Crippen molar-refractivity contribution >= 4 is 21.6 Å². The highest BCUT2D eigenvalue weighted by atomic mass is 32.2. The van der Waals surface area contributed by atoms with Gasteiger partial charge in [0.05, 0.1) is 9.82 Å². The number of nitro groups is 1. The third-order valence-electron chi connectivity index (χ3n) is 5.23. The van der Waals surface area contributed by atoms with Crippen molar-refractivity contribution in [2.24, 2.45) is 0 Å². The lowest BCUT2D eigenvalue weighted by Crippen LogP contribution is -2.47. The van der Waals surface area contributed by atoms with E-state index in [1.807, 2.05) is 31.2 Å². The number of aryl methyl sites for hydroxylation is 1. The number of hydrogen-bond donors (Lipinski definition) is 1. The highest BCUT2D eigenvalue weighted by Gasteiger charge is 2.27. The minimum absolute atomic E-state index is 0.0282. The minimum Gasteiger partial charge on any atom is -0.483 e. The first kappa shape index (κ1) is 22.7. The Morgan fingerprint density at radius 3 is 2.42 bits per heavy atom. The number of nitrogens with one attached hydrogen (secondary N) is 1. The van der Waals surface area contributed by atoms with E-state index >= 15 is 0 Å². The van der Waals surface area contributed by atoms with Crippen molar-refractivity contribution in [2.45, 2.75) is 37.1 Å². The number of nitro benzene ring substituents is 1. The standard InChI is InChI=1S/C21H25N3O6S/c1-2-16-5-3-4-6-20(16)30-15-21(25)23-13-11-17(12-14-23)22-31(28,29)19-9-7-18(8-10-19)24(26)27/h3-10,17,22H,2,11-15H2,1H3. The van der Waals surface area contributed by atoms with E-state index in [0.717, 1.165) is 24.1 Å². The lowest BCUT2D eigenvalue weighted by Gasteiger charge is -2.32. The molecule has 2 aromatic carbocycles. The minimum atomic E-state index is -3.79. The normalized spacial score (nSPS) is 14.9. The summed E-state index contributed by atoms with van der Waals surface area (Å²) < 4.78 is 33.4. The number of amides is 1. The van der Waals surface area contributed by atoms with E-state index in [2.05, 4.69) is 4.72 Å². The Morgan fingerprint density at radius 1 is 1.16 bits per heavy atom. The largest absolute Gasteiger partial charge is 0.483 e. The molecule has 1 fully saturated rings. The second-order valence-electron chi connectivity index (χ2n) is 7.28. The van der Waals surface area contributed by atoms with Crippen LogP contribution in [0.15, 0.2) is 53.4 Å². The van der Waals surface area contributed by atoms with Crippen LogP contribution in [-0.2, 0) is 21.2 Å². The number of benzene rings is 2. The quantitative estimate of drug-likeness (QED) is 0.491. The highest BCUT2D eigenvalue weighted by Crippen LogP contribution is 2.20. The van der Waals surface area contributed by atoms with Crippen LogP contribution in [-0.4, -0.2) is 49.9 Å². The predicted molar refractivity (Wildman–Crippen MR) is 114 cm³/mol. The molecule has 31 heavy (non-hydrogen) atoms. The van der Waals surface area contributed by atoms with Crippen molar-refractivity contribution in [1.29, 1.82) is 0 Å². The highest BCUT2D eigenvalue weighted by molar-refractivity contribution is 7.89. The summed E-state index contributed by atoms with van der Waals surface area (Å²) in [6, 6.07) is 12.0. The average Bonchev–Trinajstić information content (AvgIpc) is 2.78. The van der Waals surface area contributed by atoms with Crippen molar-refractivity contribution in [2.75, 3.05) is 19.7 Å². The van der Waals surface area contributed by atoms with E-state index in [4.69, 9.17) is 4.74 Å². The number of sulfonamides is 1. The number of piperidine rings is 1. The van der Waals surface area contributed by atoms with Gasteiger partial charge in [-0.2, -0.15) is 0 Å². The van der Waals surface area contributed by atoms with Crippen LogP contribution in [0.25, 0.3) is 0 Å². The van der Waals surface area contributed by atoms with Gasteiger partial charge in [0.25, 0.3) is 11.6 Å². The molecule has 1 saturated heterocycles. The van der Waals surface area contributed by atoms with Gasteiger partial charge < -0.3 is 9.64 Å². The Hall–Kier alpha value is -2.98. The summed E-state index contributed by atoms with van der Waals surface area (Å²) in [7, 11) is -3.79. The average molecular weight is 448 g/mol. The molecule has 1 amide bonds. The lowest BCUT2D eigenvalue weighted by molar-refractivity contribution is -0.384. The molecule has 166 valence electrons. The van der Waals surface area contributed by atoms with Crippen molar-refractivity contribution in [1.82, 2.24) is 9.62 Å². The Morgan fingerprint density at radius 2 is 1.81 bits per heavy atom. The van der Waals surface area contributed by atoms with Gasteiger partial charge in [-0.05, 0) is 43.0 Å². The van der Waals surface area contributed by atoms with E-state index < -0.39 is 14.9 Å². The summed E-state index contributed by atoms with van der Waals surface area (Å²) in [5.74, 6) is 0.562. The Bertz CT molecular complexity index is 1030. The first-order valence-electron chi connectivity index (χ1n) is 10.1. The Balaban J connectivity index is 1.50. The van der Waals surface area contributed by atoms with Crippen molar-refractivity contribution in [3.05, 3.63) is 64.2 Å². The molecule has 1 heterocycles. The lowest BCUT2D eigenvalue weighted by atomic mass is 10.1. The summed E-state index contributed by atoms with van der Waals surface area (Å²) in [6.45, 7) is 2.80. The zero-order valence-corrected chi connectivity index (χ0v) is 18.0. The molecule has 0 unspecified atom stereocenters. The molecule has 3 rings (SSSR count). The molecule has 0 aromatic heterocycles. The zero-order valence-electron chi connectivity index (χ0n) is 17.2. The monoisotopic (exact) mass is 447 g/mol. The summed E-state index contributed by atoms with van der Waals surface area (Å²) in [4.78, 5) is 24.3. The Labute approximate surface area is 181 Å². The van der Waals surface area contributed by atoms with Gasteiger partial charge in [-0.1, -0.05) is 25.1 Å². The van der Waals surface area contributed by atoms with E-state index in [1.54, 1.807) is 4.90 Å². The summed E-state index contributed by atoms with van der Waals surface area (Å²) in [5.41, 5.74) is 0.865. The SMILES string of the molecule is CCc1ccccc1OCC(=O)N1CCC(NS(=O)(=O)c2ccc([N+](=O)[O-])cc2)CC1. The molecule has 0 saturated carbocycles. The fourth-order valence-electron chi connectivity index (χ4n) is 3.45. The van der Waals surface area contributed by atoms with Crippen molar-refractivity contribution in [3.63, 3.8) is 0 Å². The van der Waals surface area contributed by atoms with Crippen LogP contribution in [0.5, 0.6) is 5.75 Å². The number of nitrogens with zero attached hydrogens (tertiary/aromatic N) is 2. The Kier molecular flexibility index (Phi) is 7.24. The molecule has 10 heteroatoms. The van der Waals surface area contributed by atoms with Gasteiger partial charge in [0, 0.05) is 31.3 Å². The van der Waals surface area contributed by atoms with Gasteiger partial charge in [-0.3, -0.25) is 14.9 Å². The molecular weight excluding hydrogens is 422 g/mol. The van der Waals surface area contributed by atoms with Gasteiger partial charge in [-0.25, -0.2) is 13.1 Å². The molecule has 2 aromatic rings. The number of carbonyl (C=O) groups excluding carboxylic acids is 1. The number of hydrogen-bond acceptors (Lipinski definition) is 6. The number of para-hydroxylation sites is 1. The zero-order chi connectivity index (χ0) is 22.4. The fourth-order valence-corrected chi connectivity index (χ4v) is 4.75. The molecular formula is C21H25N3O6S. The summed E-state index contributed by atoms with van der Waals surface area (Å²) >= 11 is 0. The van der Waals surface area contributed by atoms with E-state index in [1.165, 1.54) is 12.1 Å². The van der Waals surface area contributed by atoms with Crippen molar-refractivity contribution < 1.29 is 22.9 Å². The first-order valence-corrected chi connectivity index (χ1v) is 11.5. The van der Waals surface area contributed by atoms with E-state index in [-0.39, 0.29) is 29.1 Å². The van der Waals surface area contributed by atoms with Gasteiger partial charge in [0.1, 0.15) is 5.75 Å². The van der Waals surface area contributed by atoms with Crippen molar-refractivity contribution in [3.8, 4) is 5.75 Å². The maximum absolute atomic E-state index is 12.5. The first-order chi connectivity index (χ1) is 14.8. The molecule has 0 atom stereocenters. The number of likely N-dealkylation sites (tertiary alicyclic amines) is 1. The molecule has 1 N–H and O–H groups in total. The van der Waals surface area contributed by atoms with E-state index in [0.29, 0.717) is 31.7 Å². The summed E-state index contributed by atoms with van der Waals surface area (Å²) in [5, 5.41) is 10.7. The number of rotatable bonds is 8. The van der Waals surface area contributed by atoms with Crippen LogP contribution in [0.3, 0.4) is 0 Å². The number of non-ortho nitro benzene ring substituents is 1. The van der Waals surface area contributed by atoms with Gasteiger partial charge in [0.2, 0.25) is 10.0 Å². The van der Waals surface area contributed by atoms with Crippen LogP contribution in [0, 0.1) is 10.1 Å². The maximum Gasteiger partial charge on any atom is 0.269 e. The topological polar surface area (TPSA) is 119 Å². The predicted octanol–water partition coefficient (Wildman–Crippen LogP) is 2.51. The number of ether oxygens (including phenoxy) is 1. The van der Waals surface area contributed by atoms with Crippen LogP contribution in [0.2, 0.25) is 0 Å². The fraction of sp³-hybridized carbons (Fsp3) is 0.381. The van der Waals surface area contributed by atoms with Crippen LogP contribution in [0.1, 0.15) is 25.3 Å². The number of carbonyl (C=O) groups is 1. The molecule has 9 nitrogen and oxygen atoms in total. The third kappa shape index (κ3) is 5.80.